The molecule has 0 spiro atoms. The second-order valence-electron chi connectivity index (χ2n) is 7.55. The van der Waals surface area contributed by atoms with Crippen LogP contribution in [0.1, 0.15) is 62.6 Å². The van der Waals surface area contributed by atoms with E-state index in [1.54, 1.807) is 20.8 Å². The van der Waals surface area contributed by atoms with E-state index in [0.29, 0.717) is 11.6 Å². The van der Waals surface area contributed by atoms with Crippen molar-refractivity contribution in [2.24, 2.45) is 0 Å². The molecule has 0 bridgehead atoms. The van der Waals surface area contributed by atoms with Crippen LogP contribution in [-0.4, -0.2) is 51.6 Å². The van der Waals surface area contributed by atoms with Crippen molar-refractivity contribution in [2.45, 2.75) is 64.6 Å². The lowest BCUT2D eigenvalue weighted by Crippen LogP contribution is -2.40. The molecule has 0 radical (unpaired) electrons. The number of ether oxygens (including phenoxy) is 1. The number of hydrogen-bond donors (Lipinski definition) is 1. The highest BCUT2D eigenvalue weighted by Gasteiger charge is 2.33. The average molecular weight is 350 g/mol. The Morgan fingerprint density at radius 2 is 2.12 bits per heavy atom. The number of nitrogens with one attached hydrogen (secondary N) is 1. The largest absolute Gasteiger partial charge is 0.442 e. The molecule has 1 atom stereocenters. The zero-order valence-corrected chi connectivity index (χ0v) is 15.2. The van der Waals surface area contributed by atoms with E-state index in [4.69, 9.17) is 9.57 Å². The van der Waals surface area contributed by atoms with Crippen LogP contribution in [0.3, 0.4) is 0 Å². The minimum atomic E-state index is -0.589. The molecule has 1 aliphatic carbocycles. The van der Waals surface area contributed by atoms with E-state index < -0.39 is 11.7 Å². The van der Waals surface area contributed by atoms with Crippen LogP contribution in [0.25, 0.3) is 0 Å². The molecule has 1 aromatic rings. The molecule has 25 heavy (non-hydrogen) atoms. The van der Waals surface area contributed by atoms with E-state index in [2.05, 4.69) is 10.4 Å². The SMILES string of the molecule is CCn1nc(C(=O)N[C@H]2CON(C(=O)OC(C)(C)C)C2)cc1C1CC1. The zero-order valence-electron chi connectivity index (χ0n) is 15.2. The van der Waals surface area contributed by atoms with E-state index in [1.165, 1.54) is 0 Å². The fourth-order valence-electron chi connectivity index (χ4n) is 2.78. The van der Waals surface area contributed by atoms with E-state index >= 15 is 0 Å². The van der Waals surface area contributed by atoms with Crippen LogP contribution in [-0.2, 0) is 16.1 Å². The second kappa shape index (κ2) is 6.67. The fourth-order valence-corrected chi connectivity index (χ4v) is 2.78. The summed E-state index contributed by atoms with van der Waals surface area (Å²) in [6.45, 7) is 8.63. The number of amides is 2. The standard InChI is InChI=1S/C17H26N4O4/c1-5-20-14(11-6-7-11)8-13(19-20)15(22)18-12-9-21(24-10-12)16(23)25-17(2,3)4/h8,11-12H,5-7,9-10H2,1-4H3,(H,18,22)/t12-/m1/s1. The number of nitrogens with zero attached hydrogens (tertiary/aromatic N) is 3. The third kappa shape index (κ3) is 4.31. The number of hydroxylamine groups is 2. The Bertz CT molecular complexity index is 660. The third-order valence-corrected chi connectivity index (χ3v) is 4.09. The van der Waals surface area contributed by atoms with E-state index in [0.717, 1.165) is 30.1 Å². The molecule has 2 fully saturated rings. The molecule has 1 N–H and O–H groups in total. The molecule has 1 saturated carbocycles. The molecule has 138 valence electrons. The van der Waals surface area contributed by atoms with Gasteiger partial charge in [0.1, 0.15) is 11.3 Å². The predicted octanol–water partition coefficient (Wildman–Crippen LogP) is 2.06. The van der Waals surface area contributed by atoms with Crippen molar-refractivity contribution in [2.75, 3.05) is 13.2 Å². The number of aromatic nitrogens is 2. The van der Waals surface area contributed by atoms with Crippen molar-refractivity contribution >= 4 is 12.0 Å². The van der Waals surface area contributed by atoms with Gasteiger partial charge in [-0.3, -0.25) is 14.3 Å². The summed E-state index contributed by atoms with van der Waals surface area (Å²) >= 11 is 0. The van der Waals surface area contributed by atoms with Crippen LogP contribution in [0.4, 0.5) is 4.79 Å². The van der Waals surface area contributed by atoms with Crippen molar-refractivity contribution in [3.8, 4) is 0 Å². The van der Waals surface area contributed by atoms with E-state index in [1.807, 2.05) is 17.7 Å². The maximum atomic E-state index is 12.5. The van der Waals surface area contributed by atoms with Crippen molar-refractivity contribution in [1.82, 2.24) is 20.2 Å². The molecule has 0 aromatic carbocycles. The first-order valence-corrected chi connectivity index (χ1v) is 8.79. The summed E-state index contributed by atoms with van der Waals surface area (Å²) in [5.74, 6) is 0.292. The van der Waals surface area contributed by atoms with Gasteiger partial charge in [-0.15, -0.1) is 0 Å². The first-order chi connectivity index (χ1) is 11.8. The van der Waals surface area contributed by atoms with Gasteiger partial charge in [0, 0.05) is 18.2 Å². The normalized spacial score (nSPS) is 20.6. The van der Waals surface area contributed by atoms with E-state index in [-0.39, 0.29) is 25.1 Å². The highest BCUT2D eigenvalue weighted by atomic mass is 16.7. The Hall–Kier alpha value is -2.09. The van der Waals surface area contributed by atoms with Gasteiger partial charge in [-0.1, -0.05) is 0 Å². The van der Waals surface area contributed by atoms with Gasteiger partial charge >= 0.3 is 6.09 Å². The maximum Gasteiger partial charge on any atom is 0.434 e. The lowest BCUT2D eigenvalue weighted by Gasteiger charge is -2.23. The molecule has 1 aromatic heterocycles. The Kier molecular flexibility index (Phi) is 4.73. The summed E-state index contributed by atoms with van der Waals surface area (Å²) in [5, 5.41) is 8.42. The maximum absolute atomic E-state index is 12.5. The van der Waals surface area contributed by atoms with Gasteiger partial charge in [0.2, 0.25) is 0 Å². The topological polar surface area (TPSA) is 85.7 Å². The van der Waals surface area contributed by atoms with Gasteiger partial charge in [-0.05, 0) is 46.6 Å². The Labute approximate surface area is 147 Å². The third-order valence-electron chi connectivity index (χ3n) is 4.09. The Morgan fingerprint density at radius 1 is 1.40 bits per heavy atom. The van der Waals surface area contributed by atoms with Crippen molar-refractivity contribution in [3.63, 3.8) is 0 Å². The molecular weight excluding hydrogens is 324 g/mol. The highest BCUT2D eigenvalue weighted by Crippen LogP contribution is 2.40. The van der Waals surface area contributed by atoms with Gasteiger partial charge in [-0.2, -0.15) is 10.2 Å². The lowest BCUT2D eigenvalue weighted by molar-refractivity contribution is -0.107. The van der Waals surface area contributed by atoms with E-state index in [9.17, 15) is 9.59 Å². The molecule has 8 nitrogen and oxygen atoms in total. The quantitative estimate of drug-likeness (QED) is 0.898. The highest BCUT2D eigenvalue weighted by molar-refractivity contribution is 5.92. The molecule has 8 heteroatoms. The summed E-state index contributed by atoms with van der Waals surface area (Å²) in [6, 6.07) is 1.59. The minimum Gasteiger partial charge on any atom is -0.442 e. The monoisotopic (exact) mass is 350 g/mol. The average Bonchev–Trinajstić information content (AvgIpc) is 3.09. The first-order valence-electron chi connectivity index (χ1n) is 8.79. The molecular formula is C17H26N4O4. The summed E-state index contributed by atoms with van der Waals surface area (Å²) in [5.41, 5.74) is 0.957. The van der Waals surface area contributed by atoms with Gasteiger partial charge in [0.05, 0.1) is 19.2 Å². The second-order valence-corrected chi connectivity index (χ2v) is 7.55. The smallest absolute Gasteiger partial charge is 0.434 e. The van der Waals surface area contributed by atoms with Crippen molar-refractivity contribution in [3.05, 3.63) is 17.5 Å². The van der Waals surface area contributed by atoms with Gasteiger partial charge in [0.25, 0.3) is 5.91 Å². The number of carbonyl (C=O) groups is 2. The lowest BCUT2D eigenvalue weighted by atomic mass is 10.2. The van der Waals surface area contributed by atoms with Crippen LogP contribution in [0.2, 0.25) is 0 Å². The van der Waals surface area contributed by atoms with Gasteiger partial charge in [0.15, 0.2) is 0 Å². The zero-order chi connectivity index (χ0) is 18.2. The Balaban J connectivity index is 1.56. The molecule has 0 unspecified atom stereocenters. The van der Waals surface area contributed by atoms with Crippen LogP contribution in [0.5, 0.6) is 0 Å². The summed E-state index contributed by atoms with van der Waals surface area (Å²) < 4.78 is 7.15. The van der Waals surface area contributed by atoms with Crippen LogP contribution < -0.4 is 5.32 Å². The molecule has 1 saturated heterocycles. The number of hydrogen-bond acceptors (Lipinski definition) is 5. The molecule has 1 aliphatic heterocycles. The molecule has 3 rings (SSSR count). The van der Waals surface area contributed by atoms with Crippen molar-refractivity contribution < 1.29 is 19.2 Å². The molecule has 2 amide bonds. The van der Waals surface area contributed by atoms with Gasteiger partial charge < -0.3 is 10.1 Å². The fraction of sp³-hybridized carbons (Fsp3) is 0.706. The molecule has 2 aliphatic rings. The first kappa shape index (κ1) is 17.7. The predicted molar refractivity (Wildman–Crippen MR) is 90.0 cm³/mol. The summed E-state index contributed by atoms with van der Waals surface area (Å²) in [7, 11) is 0. The Morgan fingerprint density at radius 3 is 2.72 bits per heavy atom. The summed E-state index contributed by atoms with van der Waals surface area (Å²) in [4.78, 5) is 29.8. The minimum absolute atomic E-state index is 0.231. The van der Waals surface area contributed by atoms with Crippen LogP contribution >= 0.6 is 0 Å². The number of rotatable bonds is 4. The van der Waals surface area contributed by atoms with Crippen LogP contribution in [0, 0.1) is 0 Å². The number of carbonyl (C=O) groups excluding carboxylic acids is 2. The van der Waals surface area contributed by atoms with Crippen molar-refractivity contribution in [1.29, 1.82) is 0 Å². The van der Waals surface area contributed by atoms with Gasteiger partial charge in [-0.25, -0.2) is 4.79 Å². The molecule has 2 heterocycles. The summed E-state index contributed by atoms with van der Waals surface area (Å²) in [6.07, 6.45) is 1.78. The number of aryl methyl sites for hydroxylation is 1. The van der Waals surface area contributed by atoms with Crippen LogP contribution in [0.15, 0.2) is 6.07 Å².